The van der Waals surface area contributed by atoms with Gasteiger partial charge in [0.25, 0.3) is 0 Å². The lowest BCUT2D eigenvalue weighted by Crippen LogP contribution is -2.13. The van der Waals surface area contributed by atoms with Crippen LogP contribution in [0.2, 0.25) is 5.02 Å². The van der Waals surface area contributed by atoms with Gasteiger partial charge >= 0.3 is 0 Å². The molecule has 1 aromatic heterocycles. The van der Waals surface area contributed by atoms with E-state index >= 15 is 0 Å². The number of hydrogen-bond donors (Lipinski definition) is 1. The van der Waals surface area contributed by atoms with Crippen molar-refractivity contribution in [3.05, 3.63) is 97.9 Å². The van der Waals surface area contributed by atoms with Crippen molar-refractivity contribution in [1.29, 1.82) is 5.26 Å². The second-order valence-electron chi connectivity index (χ2n) is 7.74. The Morgan fingerprint density at radius 3 is 2.53 bits per heavy atom. The number of hydrogen-bond acceptors (Lipinski definition) is 4. The molecule has 0 saturated carbocycles. The summed E-state index contributed by atoms with van der Waals surface area (Å²) in [5, 5.41) is 12.9. The largest absolute Gasteiger partial charge is 0.455 e. The van der Waals surface area contributed by atoms with E-state index in [0.29, 0.717) is 28.0 Å². The second kappa shape index (κ2) is 8.49. The van der Waals surface area contributed by atoms with Crippen LogP contribution in [0, 0.1) is 31.0 Å². The predicted molar refractivity (Wildman–Crippen MR) is 126 cm³/mol. The fraction of sp³-hybridized carbons (Fsp3) is 0.154. The van der Waals surface area contributed by atoms with Gasteiger partial charge in [0.15, 0.2) is 11.2 Å². The molecular formula is C26H20ClFN2O2. The molecule has 0 spiro atoms. The first-order valence-corrected chi connectivity index (χ1v) is 10.5. The summed E-state index contributed by atoms with van der Waals surface area (Å²) in [5.41, 5.74) is 3.47. The fourth-order valence-corrected chi connectivity index (χ4v) is 4.00. The van der Waals surface area contributed by atoms with Crippen LogP contribution in [0.4, 0.5) is 10.1 Å². The van der Waals surface area contributed by atoms with Gasteiger partial charge in [0.2, 0.25) is 0 Å². The molecule has 0 aliphatic carbocycles. The highest BCUT2D eigenvalue weighted by molar-refractivity contribution is 6.31. The zero-order chi connectivity index (χ0) is 23.0. The Labute approximate surface area is 189 Å². The summed E-state index contributed by atoms with van der Waals surface area (Å²) in [5.74, 6) is -0.260. The molecule has 4 rings (SSSR count). The Morgan fingerprint density at radius 2 is 1.84 bits per heavy atom. The van der Waals surface area contributed by atoms with Crippen molar-refractivity contribution >= 4 is 28.3 Å². The molecule has 1 heterocycles. The van der Waals surface area contributed by atoms with Gasteiger partial charge in [-0.25, -0.2) is 4.39 Å². The molecule has 4 nitrogen and oxygen atoms in total. The van der Waals surface area contributed by atoms with Gasteiger partial charge in [0.05, 0.1) is 22.1 Å². The molecule has 0 radical (unpaired) electrons. The summed E-state index contributed by atoms with van der Waals surface area (Å²) in [6.07, 6.45) is 0. The number of nitrogens with one attached hydrogen (secondary N) is 1. The van der Waals surface area contributed by atoms with Crippen molar-refractivity contribution < 1.29 is 8.81 Å². The molecule has 3 aromatic carbocycles. The van der Waals surface area contributed by atoms with Crippen LogP contribution >= 0.6 is 11.6 Å². The summed E-state index contributed by atoms with van der Waals surface area (Å²) >= 11 is 5.82. The van der Waals surface area contributed by atoms with Gasteiger partial charge in [-0.2, -0.15) is 5.26 Å². The van der Waals surface area contributed by atoms with E-state index in [-0.39, 0.29) is 22.1 Å². The molecule has 0 bridgehead atoms. The number of halogens is 2. The van der Waals surface area contributed by atoms with E-state index < -0.39 is 5.82 Å². The molecule has 0 aliphatic rings. The third-order valence-corrected chi connectivity index (χ3v) is 5.76. The van der Waals surface area contributed by atoms with Crippen LogP contribution in [0.5, 0.6) is 0 Å². The number of anilines is 1. The topological polar surface area (TPSA) is 66.0 Å². The van der Waals surface area contributed by atoms with Crippen LogP contribution in [0.1, 0.15) is 35.2 Å². The van der Waals surface area contributed by atoms with E-state index in [1.165, 1.54) is 6.07 Å². The standard InChI is InChI=1S/C26H20ClFN2O2/c1-14-11-18(16(3)30-22-10-9-21(27)23(28)20(22)13-29)26-19(12-14)24(31)15(2)25(32-26)17-7-5-4-6-8-17/h4-12,16,30H,1-3H3/t16-/m1/s1. The van der Waals surface area contributed by atoms with E-state index in [1.807, 2.05) is 62.4 Å². The summed E-state index contributed by atoms with van der Waals surface area (Å²) < 4.78 is 20.6. The molecule has 0 unspecified atom stereocenters. The smallest absolute Gasteiger partial charge is 0.196 e. The number of aryl methyl sites for hydroxylation is 1. The molecule has 0 amide bonds. The fourth-order valence-electron chi connectivity index (χ4n) is 3.85. The second-order valence-corrected chi connectivity index (χ2v) is 8.15. The minimum atomic E-state index is -0.769. The summed E-state index contributed by atoms with van der Waals surface area (Å²) in [7, 11) is 0. The first kappa shape index (κ1) is 21.6. The lowest BCUT2D eigenvalue weighted by atomic mass is 9.98. The molecule has 32 heavy (non-hydrogen) atoms. The van der Waals surface area contributed by atoms with Gasteiger partial charge in [-0.3, -0.25) is 4.79 Å². The van der Waals surface area contributed by atoms with Crippen LogP contribution in [0.25, 0.3) is 22.3 Å². The molecule has 1 atom stereocenters. The molecule has 0 aliphatic heterocycles. The zero-order valence-electron chi connectivity index (χ0n) is 17.8. The van der Waals surface area contributed by atoms with E-state index in [4.69, 9.17) is 16.0 Å². The number of rotatable bonds is 4. The number of nitrogens with zero attached hydrogens (tertiary/aromatic N) is 1. The quantitative estimate of drug-likeness (QED) is 0.369. The van der Waals surface area contributed by atoms with E-state index in [0.717, 1.165) is 16.7 Å². The SMILES string of the molecule is Cc1cc([C@@H](C)Nc2ccc(Cl)c(F)c2C#N)c2oc(-c3ccccc3)c(C)c(=O)c2c1. The maximum Gasteiger partial charge on any atom is 0.196 e. The maximum atomic E-state index is 14.3. The van der Waals surface area contributed by atoms with Crippen molar-refractivity contribution in [2.45, 2.75) is 26.8 Å². The van der Waals surface area contributed by atoms with Crippen molar-refractivity contribution in [2.75, 3.05) is 5.32 Å². The molecule has 6 heteroatoms. The molecule has 160 valence electrons. The van der Waals surface area contributed by atoms with E-state index in [9.17, 15) is 14.4 Å². The van der Waals surface area contributed by atoms with Crippen LogP contribution in [0.15, 0.2) is 63.8 Å². The van der Waals surface area contributed by atoms with Crippen molar-refractivity contribution in [3.63, 3.8) is 0 Å². The minimum absolute atomic E-state index is 0.0995. The predicted octanol–water partition coefficient (Wildman–Crippen LogP) is 6.91. The third-order valence-electron chi connectivity index (χ3n) is 5.47. The number of nitriles is 1. The summed E-state index contributed by atoms with van der Waals surface area (Å²) in [6, 6.07) is 17.6. The van der Waals surface area contributed by atoms with Crippen LogP contribution in [-0.4, -0.2) is 0 Å². The van der Waals surface area contributed by atoms with E-state index in [1.54, 1.807) is 13.0 Å². The Hall–Kier alpha value is -3.62. The maximum absolute atomic E-state index is 14.3. The normalized spacial score (nSPS) is 11.9. The van der Waals surface area contributed by atoms with E-state index in [2.05, 4.69) is 5.32 Å². The monoisotopic (exact) mass is 446 g/mol. The Balaban J connectivity index is 1.90. The first-order valence-electron chi connectivity index (χ1n) is 10.1. The van der Waals surface area contributed by atoms with Crippen LogP contribution in [0.3, 0.4) is 0 Å². The molecular weight excluding hydrogens is 427 g/mol. The molecule has 1 N–H and O–H groups in total. The summed E-state index contributed by atoms with van der Waals surface area (Å²) in [6.45, 7) is 5.52. The van der Waals surface area contributed by atoms with Crippen molar-refractivity contribution in [2.24, 2.45) is 0 Å². The van der Waals surface area contributed by atoms with Crippen molar-refractivity contribution in [1.82, 2.24) is 0 Å². The van der Waals surface area contributed by atoms with Crippen LogP contribution < -0.4 is 10.7 Å². The average Bonchev–Trinajstić information content (AvgIpc) is 2.79. The number of benzene rings is 3. The molecule has 4 aromatic rings. The van der Waals surface area contributed by atoms with Gasteiger partial charge in [-0.1, -0.05) is 48.0 Å². The summed E-state index contributed by atoms with van der Waals surface area (Å²) in [4.78, 5) is 13.2. The van der Waals surface area contributed by atoms with Crippen molar-refractivity contribution in [3.8, 4) is 17.4 Å². The van der Waals surface area contributed by atoms with Gasteiger partial charge in [0.1, 0.15) is 23.0 Å². The Bertz CT molecular complexity index is 1440. The Morgan fingerprint density at radius 1 is 1.12 bits per heavy atom. The van der Waals surface area contributed by atoms with Gasteiger partial charge < -0.3 is 9.73 Å². The average molecular weight is 447 g/mol. The molecule has 0 fully saturated rings. The first-order chi connectivity index (χ1) is 15.3. The van der Waals surface area contributed by atoms with Gasteiger partial charge in [-0.15, -0.1) is 0 Å². The highest BCUT2D eigenvalue weighted by Gasteiger charge is 2.20. The lowest BCUT2D eigenvalue weighted by molar-refractivity contribution is 0.605. The highest BCUT2D eigenvalue weighted by atomic mass is 35.5. The minimum Gasteiger partial charge on any atom is -0.455 e. The van der Waals surface area contributed by atoms with Gasteiger partial charge in [-0.05, 0) is 44.5 Å². The lowest BCUT2D eigenvalue weighted by Gasteiger charge is -2.20. The third kappa shape index (κ3) is 3.74. The zero-order valence-corrected chi connectivity index (χ0v) is 18.5. The highest BCUT2D eigenvalue weighted by Crippen LogP contribution is 2.33. The number of fused-ring (bicyclic) bond motifs is 1. The van der Waals surface area contributed by atoms with Crippen LogP contribution in [-0.2, 0) is 0 Å². The Kier molecular flexibility index (Phi) is 5.73. The van der Waals surface area contributed by atoms with Gasteiger partial charge in [0, 0.05) is 16.7 Å². The molecule has 0 saturated heterocycles.